The summed E-state index contributed by atoms with van der Waals surface area (Å²) in [6.45, 7) is 1.83. The Bertz CT molecular complexity index is 815. The number of pyridine rings is 1. The van der Waals surface area contributed by atoms with E-state index in [0.29, 0.717) is 0 Å². The minimum atomic E-state index is 0.817. The Morgan fingerprint density at radius 3 is 2.41 bits per heavy atom. The molecular formula is C23H27IN2O. The van der Waals surface area contributed by atoms with Gasteiger partial charge in [0.25, 0.3) is 0 Å². The second kappa shape index (κ2) is 11.1. The summed E-state index contributed by atoms with van der Waals surface area (Å²) < 4.78 is 7.01. The number of anilines is 1. The van der Waals surface area contributed by atoms with Crippen molar-refractivity contribution >= 4 is 39.2 Å². The van der Waals surface area contributed by atoms with Crippen molar-refractivity contribution in [2.75, 3.05) is 18.5 Å². The number of hydrogen-bond donors (Lipinski definition) is 1. The Labute approximate surface area is 175 Å². The van der Waals surface area contributed by atoms with Gasteiger partial charge in [0.15, 0.2) is 0 Å². The highest BCUT2D eigenvalue weighted by Gasteiger charge is 2.00. The summed E-state index contributed by atoms with van der Waals surface area (Å²) in [4.78, 5) is 4.41. The number of nitrogens with zero attached hydrogens (tertiary/aromatic N) is 1. The zero-order chi connectivity index (χ0) is 18.7. The van der Waals surface area contributed by atoms with E-state index in [0.717, 1.165) is 30.8 Å². The van der Waals surface area contributed by atoms with Gasteiger partial charge in [-0.05, 0) is 71.8 Å². The molecule has 0 fully saturated rings. The number of fused-ring (bicyclic) bond motifs is 1. The Morgan fingerprint density at radius 2 is 1.56 bits per heavy atom. The van der Waals surface area contributed by atoms with E-state index in [-0.39, 0.29) is 0 Å². The Morgan fingerprint density at radius 1 is 0.815 bits per heavy atom. The van der Waals surface area contributed by atoms with Crippen LogP contribution in [0.2, 0.25) is 0 Å². The number of unbranched alkanes of at least 4 members (excludes halogenated alkanes) is 5. The largest absolute Gasteiger partial charge is 0.494 e. The lowest BCUT2D eigenvalue weighted by atomic mass is 10.1. The average Bonchev–Trinajstić information content (AvgIpc) is 2.71. The van der Waals surface area contributed by atoms with Gasteiger partial charge >= 0.3 is 0 Å². The maximum Gasteiger partial charge on any atom is 0.119 e. The molecule has 3 aromatic rings. The summed E-state index contributed by atoms with van der Waals surface area (Å²) in [5.74, 6) is 0.977. The molecule has 27 heavy (non-hydrogen) atoms. The van der Waals surface area contributed by atoms with Crippen molar-refractivity contribution in [2.24, 2.45) is 0 Å². The van der Waals surface area contributed by atoms with Crippen LogP contribution in [0.4, 0.5) is 5.69 Å². The lowest BCUT2D eigenvalue weighted by Gasteiger charge is -2.09. The monoisotopic (exact) mass is 474 g/mol. The molecule has 0 spiro atoms. The third kappa shape index (κ3) is 6.69. The molecule has 1 aromatic heterocycles. The highest BCUT2D eigenvalue weighted by Crippen LogP contribution is 2.21. The Balaban J connectivity index is 1.22. The smallest absolute Gasteiger partial charge is 0.119 e. The number of nitrogens with one attached hydrogen (secondary N) is 1. The van der Waals surface area contributed by atoms with Gasteiger partial charge in [0, 0.05) is 27.4 Å². The predicted molar refractivity (Wildman–Crippen MR) is 123 cm³/mol. The van der Waals surface area contributed by atoms with E-state index < -0.39 is 0 Å². The third-order valence-electron chi connectivity index (χ3n) is 4.62. The molecule has 0 aliphatic carbocycles. The summed E-state index contributed by atoms with van der Waals surface area (Å²) in [5, 5.41) is 4.76. The Kier molecular flexibility index (Phi) is 8.21. The van der Waals surface area contributed by atoms with Crippen molar-refractivity contribution in [1.82, 2.24) is 4.98 Å². The van der Waals surface area contributed by atoms with Crippen molar-refractivity contribution < 1.29 is 4.74 Å². The van der Waals surface area contributed by atoms with Gasteiger partial charge in [-0.1, -0.05) is 43.9 Å². The molecule has 0 saturated carbocycles. The van der Waals surface area contributed by atoms with Crippen LogP contribution >= 0.6 is 22.6 Å². The summed E-state index contributed by atoms with van der Waals surface area (Å²) in [7, 11) is 0. The zero-order valence-corrected chi connectivity index (χ0v) is 17.8. The first kappa shape index (κ1) is 19.9. The highest BCUT2D eigenvalue weighted by molar-refractivity contribution is 14.1. The van der Waals surface area contributed by atoms with Crippen LogP contribution in [0.25, 0.3) is 10.9 Å². The van der Waals surface area contributed by atoms with Crippen molar-refractivity contribution in [2.45, 2.75) is 38.5 Å². The van der Waals surface area contributed by atoms with E-state index in [4.69, 9.17) is 4.74 Å². The van der Waals surface area contributed by atoms with Crippen LogP contribution in [-0.4, -0.2) is 18.1 Å². The molecule has 3 rings (SSSR count). The number of ether oxygens (including phenoxy) is 1. The first-order chi connectivity index (χ1) is 13.3. The number of hydrogen-bond acceptors (Lipinski definition) is 3. The molecule has 0 bridgehead atoms. The minimum absolute atomic E-state index is 0.817. The lowest BCUT2D eigenvalue weighted by Crippen LogP contribution is -2.02. The van der Waals surface area contributed by atoms with Gasteiger partial charge in [0.2, 0.25) is 0 Å². The summed E-state index contributed by atoms with van der Waals surface area (Å²) in [6, 6.07) is 18.6. The molecule has 3 nitrogen and oxygen atoms in total. The average molecular weight is 474 g/mol. The van der Waals surface area contributed by atoms with Gasteiger partial charge in [0.1, 0.15) is 5.75 Å². The summed E-state index contributed by atoms with van der Waals surface area (Å²) >= 11 is 2.31. The molecule has 4 heteroatoms. The third-order valence-corrected chi connectivity index (χ3v) is 5.34. The van der Waals surface area contributed by atoms with E-state index in [1.807, 2.05) is 24.4 Å². The molecule has 0 saturated heterocycles. The summed E-state index contributed by atoms with van der Waals surface area (Å²) in [6.07, 6.45) is 9.31. The molecule has 142 valence electrons. The van der Waals surface area contributed by atoms with E-state index >= 15 is 0 Å². The van der Waals surface area contributed by atoms with Gasteiger partial charge in [0.05, 0.1) is 12.1 Å². The first-order valence-corrected chi connectivity index (χ1v) is 10.9. The summed E-state index contributed by atoms with van der Waals surface area (Å²) in [5.41, 5.74) is 2.24. The normalized spacial score (nSPS) is 10.9. The van der Waals surface area contributed by atoms with Crippen LogP contribution in [0.5, 0.6) is 5.75 Å². The lowest BCUT2D eigenvalue weighted by molar-refractivity contribution is 0.304. The fourth-order valence-electron chi connectivity index (χ4n) is 3.13. The second-order valence-electron chi connectivity index (χ2n) is 6.73. The predicted octanol–water partition coefficient (Wildman–Crippen LogP) is 6.67. The molecule has 0 atom stereocenters. The molecule has 1 heterocycles. The van der Waals surface area contributed by atoms with Crippen LogP contribution in [-0.2, 0) is 0 Å². The van der Waals surface area contributed by atoms with Crippen LogP contribution in [0.1, 0.15) is 38.5 Å². The molecule has 0 amide bonds. The van der Waals surface area contributed by atoms with Gasteiger partial charge < -0.3 is 10.1 Å². The Hall–Kier alpha value is -1.82. The SMILES string of the molecule is Ic1ccc(OCCCCCCCCNc2ccnc3ccccc23)cc1. The molecule has 0 aliphatic rings. The molecule has 0 unspecified atom stereocenters. The van der Waals surface area contributed by atoms with Crippen LogP contribution in [0.3, 0.4) is 0 Å². The topological polar surface area (TPSA) is 34.1 Å². The van der Waals surface area contributed by atoms with Crippen LogP contribution < -0.4 is 10.1 Å². The van der Waals surface area contributed by atoms with E-state index in [1.54, 1.807) is 0 Å². The number of benzene rings is 2. The van der Waals surface area contributed by atoms with Crippen LogP contribution in [0.15, 0.2) is 60.8 Å². The second-order valence-corrected chi connectivity index (χ2v) is 7.97. The molecule has 2 aromatic carbocycles. The quantitative estimate of drug-likeness (QED) is 0.249. The van der Waals surface area contributed by atoms with Crippen molar-refractivity contribution in [3.63, 3.8) is 0 Å². The van der Waals surface area contributed by atoms with Crippen molar-refractivity contribution in [1.29, 1.82) is 0 Å². The van der Waals surface area contributed by atoms with Crippen molar-refractivity contribution in [3.8, 4) is 5.75 Å². The molecule has 1 N–H and O–H groups in total. The van der Waals surface area contributed by atoms with E-state index in [1.165, 1.54) is 46.7 Å². The van der Waals surface area contributed by atoms with Gasteiger partial charge in [-0.15, -0.1) is 0 Å². The van der Waals surface area contributed by atoms with E-state index in [9.17, 15) is 0 Å². The van der Waals surface area contributed by atoms with Crippen LogP contribution in [0, 0.1) is 3.57 Å². The number of rotatable bonds is 11. The number of para-hydroxylation sites is 1. The number of halogens is 1. The maximum atomic E-state index is 5.77. The molecule has 0 radical (unpaired) electrons. The van der Waals surface area contributed by atoms with Gasteiger partial charge in [-0.25, -0.2) is 0 Å². The fourth-order valence-corrected chi connectivity index (χ4v) is 3.49. The fraction of sp³-hybridized carbons (Fsp3) is 0.348. The standard InChI is InChI=1S/C23H27IN2O/c24-19-11-13-20(14-12-19)27-18-8-4-2-1-3-7-16-25-23-15-17-26-22-10-6-5-9-21(22)23/h5-6,9-15,17H,1-4,7-8,16,18H2,(H,25,26). The zero-order valence-electron chi connectivity index (χ0n) is 15.7. The molecular weight excluding hydrogens is 447 g/mol. The minimum Gasteiger partial charge on any atom is -0.494 e. The van der Waals surface area contributed by atoms with Gasteiger partial charge in [-0.2, -0.15) is 0 Å². The maximum absolute atomic E-state index is 5.77. The van der Waals surface area contributed by atoms with E-state index in [2.05, 4.69) is 69.3 Å². The highest BCUT2D eigenvalue weighted by atomic mass is 127. The van der Waals surface area contributed by atoms with Gasteiger partial charge in [-0.3, -0.25) is 4.98 Å². The first-order valence-electron chi connectivity index (χ1n) is 9.79. The van der Waals surface area contributed by atoms with Crippen molar-refractivity contribution in [3.05, 3.63) is 64.4 Å². The number of aromatic nitrogens is 1. The molecule has 0 aliphatic heterocycles.